The molecule has 2 N–H and O–H groups in total. The molecule has 148 valence electrons. The molecule has 0 spiro atoms. The van der Waals surface area contributed by atoms with Gasteiger partial charge in [-0.15, -0.1) is 11.3 Å². The van der Waals surface area contributed by atoms with Crippen molar-refractivity contribution in [3.63, 3.8) is 0 Å². The van der Waals surface area contributed by atoms with Crippen molar-refractivity contribution in [2.24, 2.45) is 0 Å². The maximum atomic E-state index is 13.0. The number of nitrogens with zero attached hydrogens (tertiary/aromatic N) is 3. The first kappa shape index (κ1) is 18.3. The Morgan fingerprint density at radius 1 is 1.03 bits per heavy atom. The molecule has 5 aromatic rings. The molecule has 0 radical (unpaired) electrons. The highest BCUT2D eigenvalue weighted by Gasteiger charge is 2.19. The molecule has 3 heterocycles. The Balaban J connectivity index is 1.35. The van der Waals surface area contributed by atoms with Crippen molar-refractivity contribution in [2.45, 2.75) is 6.42 Å². The van der Waals surface area contributed by atoms with Crippen LogP contribution in [0.4, 0.5) is 0 Å². The standard InChI is InChI=1S/C23H19N5OS/c29-23(24-13-12-21-25-18-9-4-5-10-19(18)26-21)17-15-28(16-7-2-1-3-8-16)27-22(17)20-11-6-14-30-20/h1-11,14-15H,12-13H2,(H,24,29)(H,25,26). The van der Waals surface area contributed by atoms with E-state index in [-0.39, 0.29) is 5.91 Å². The minimum absolute atomic E-state index is 0.142. The smallest absolute Gasteiger partial charge is 0.255 e. The molecule has 0 aliphatic rings. The zero-order valence-electron chi connectivity index (χ0n) is 16.1. The number of hydrogen-bond donors (Lipinski definition) is 2. The molecule has 0 saturated heterocycles. The van der Waals surface area contributed by atoms with Crippen LogP contribution in [0.3, 0.4) is 0 Å². The number of H-pyrrole nitrogens is 1. The van der Waals surface area contributed by atoms with Gasteiger partial charge in [0, 0.05) is 19.2 Å². The molecule has 0 saturated carbocycles. The molecule has 1 amide bonds. The number of rotatable bonds is 6. The van der Waals surface area contributed by atoms with Crippen LogP contribution in [0, 0.1) is 0 Å². The van der Waals surface area contributed by atoms with E-state index in [2.05, 4.69) is 20.4 Å². The lowest BCUT2D eigenvalue weighted by Gasteiger charge is -2.03. The normalized spacial score (nSPS) is 11.1. The van der Waals surface area contributed by atoms with Gasteiger partial charge in [-0.2, -0.15) is 5.10 Å². The lowest BCUT2D eigenvalue weighted by molar-refractivity contribution is 0.0954. The first-order valence-electron chi connectivity index (χ1n) is 9.69. The molecule has 0 fully saturated rings. The van der Waals surface area contributed by atoms with Crippen molar-refractivity contribution in [1.82, 2.24) is 25.1 Å². The Morgan fingerprint density at radius 3 is 2.67 bits per heavy atom. The summed E-state index contributed by atoms with van der Waals surface area (Å²) in [6.45, 7) is 0.485. The molecule has 0 bridgehead atoms. The van der Waals surface area contributed by atoms with Crippen LogP contribution in [0.1, 0.15) is 16.2 Å². The maximum Gasteiger partial charge on any atom is 0.255 e. The van der Waals surface area contributed by atoms with E-state index in [9.17, 15) is 4.79 Å². The van der Waals surface area contributed by atoms with E-state index in [4.69, 9.17) is 0 Å². The zero-order valence-corrected chi connectivity index (χ0v) is 16.9. The van der Waals surface area contributed by atoms with Gasteiger partial charge in [-0.05, 0) is 35.7 Å². The average Bonchev–Trinajstić information content (AvgIpc) is 3.52. The second kappa shape index (κ2) is 7.96. The number of aromatic amines is 1. The lowest BCUT2D eigenvalue weighted by Crippen LogP contribution is -2.26. The quantitative estimate of drug-likeness (QED) is 0.432. The number of para-hydroxylation sites is 3. The van der Waals surface area contributed by atoms with Crippen LogP contribution < -0.4 is 5.32 Å². The lowest BCUT2D eigenvalue weighted by atomic mass is 10.2. The SMILES string of the molecule is O=C(NCCc1nc2ccccc2[nH]1)c1cn(-c2ccccc2)nc1-c1cccs1. The van der Waals surface area contributed by atoms with Crippen molar-refractivity contribution in [2.75, 3.05) is 6.54 Å². The van der Waals surface area contributed by atoms with Gasteiger partial charge < -0.3 is 10.3 Å². The molecule has 6 nitrogen and oxygen atoms in total. The van der Waals surface area contributed by atoms with Gasteiger partial charge in [-0.1, -0.05) is 36.4 Å². The van der Waals surface area contributed by atoms with Gasteiger partial charge >= 0.3 is 0 Å². The number of hydrogen-bond acceptors (Lipinski definition) is 4. The van der Waals surface area contributed by atoms with Crippen molar-refractivity contribution in [1.29, 1.82) is 0 Å². The first-order valence-corrected chi connectivity index (χ1v) is 10.6. The minimum Gasteiger partial charge on any atom is -0.351 e. The van der Waals surface area contributed by atoms with Gasteiger partial charge in [0.2, 0.25) is 0 Å². The van der Waals surface area contributed by atoms with Crippen LogP contribution in [0.5, 0.6) is 0 Å². The van der Waals surface area contributed by atoms with Crippen LogP contribution in [0.25, 0.3) is 27.3 Å². The highest BCUT2D eigenvalue weighted by molar-refractivity contribution is 7.13. The van der Waals surface area contributed by atoms with E-state index < -0.39 is 0 Å². The number of thiophene rings is 1. The summed E-state index contributed by atoms with van der Waals surface area (Å²) in [4.78, 5) is 21.8. The number of carbonyl (C=O) groups is 1. The van der Waals surface area contributed by atoms with Gasteiger partial charge in [-0.25, -0.2) is 9.67 Å². The van der Waals surface area contributed by atoms with Crippen molar-refractivity contribution < 1.29 is 4.79 Å². The molecule has 3 aromatic heterocycles. The fourth-order valence-corrected chi connectivity index (χ4v) is 4.09. The minimum atomic E-state index is -0.142. The fraction of sp³-hybridized carbons (Fsp3) is 0.0870. The number of fused-ring (bicyclic) bond motifs is 1. The molecule has 0 aliphatic carbocycles. The van der Waals surface area contributed by atoms with E-state index >= 15 is 0 Å². The summed E-state index contributed by atoms with van der Waals surface area (Å²) < 4.78 is 1.75. The number of aromatic nitrogens is 4. The Morgan fingerprint density at radius 2 is 1.87 bits per heavy atom. The molecule has 0 aliphatic heterocycles. The second-order valence-electron chi connectivity index (χ2n) is 6.86. The predicted molar refractivity (Wildman–Crippen MR) is 119 cm³/mol. The summed E-state index contributed by atoms with van der Waals surface area (Å²) in [7, 11) is 0. The molecule has 5 rings (SSSR count). The molecule has 0 atom stereocenters. The summed E-state index contributed by atoms with van der Waals surface area (Å²) in [6, 6.07) is 21.6. The van der Waals surface area contributed by atoms with E-state index in [0.717, 1.165) is 27.4 Å². The average molecular weight is 414 g/mol. The van der Waals surface area contributed by atoms with Crippen molar-refractivity contribution >= 4 is 28.3 Å². The summed E-state index contributed by atoms with van der Waals surface area (Å²) in [5, 5.41) is 9.68. The van der Waals surface area contributed by atoms with Gasteiger partial charge in [-0.3, -0.25) is 4.79 Å². The fourth-order valence-electron chi connectivity index (χ4n) is 3.36. The Bertz CT molecular complexity index is 1250. The number of imidazole rings is 1. The molecule has 7 heteroatoms. The molecule has 0 unspecified atom stereocenters. The number of amides is 1. The van der Waals surface area contributed by atoms with E-state index in [1.54, 1.807) is 22.2 Å². The second-order valence-corrected chi connectivity index (χ2v) is 7.80. The third kappa shape index (κ3) is 3.62. The Hall–Kier alpha value is -3.71. The third-order valence-electron chi connectivity index (χ3n) is 4.82. The third-order valence-corrected chi connectivity index (χ3v) is 5.70. The van der Waals surface area contributed by atoms with Crippen molar-refractivity contribution in [3.8, 4) is 16.3 Å². The summed E-state index contributed by atoms with van der Waals surface area (Å²) >= 11 is 1.57. The van der Waals surface area contributed by atoms with Gasteiger partial charge in [0.1, 0.15) is 11.5 Å². The number of nitrogens with one attached hydrogen (secondary N) is 2. The van der Waals surface area contributed by atoms with Crippen LogP contribution in [-0.4, -0.2) is 32.2 Å². The monoisotopic (exact) mass is 413 g/mol. The molecular formula is C23H19N5OS. The highest BCUT2D eigenvalue weighted by Crippen LogP contribution is 2.27. The van der Waals surface area contributed by atoms with Crippen molar-refractivity contribution in [3.05, 3.63) is 89.7 Å². The molecule has 2 aromatic carbocycles. The first-order chi connectivity index (χ1) is 14.8. The number of carbonyl (C=O) groups excluding carboxylic acids is 1. The Kier molecular flexibility index (Phi) is 4.86. The number of benzene rings is 2. The van der Waals surface area contributed by atoms with E-state index in [1.807, 2.05) is 72.1 Å². The summed E-state index contributed by atoms with van der Waals surface area (Å²) in [5.41, 5.74) is 4.10. The predicted octanol–water partition coefficient (Wildman–Crippen LogP) is 4.45. The largest absolute Gasteiger partial charge is 0.351 e. The van der Waals surface area contributed by atoms with Gasteiger partial charge in [0.25, 0.3) is 5.91 Å². The molecular weight excluding hydrogens is 394 g/mol. The van der Waals surface area contributed by atoms with Crippen LogP contribution >= 0.6 is 11.3 Å². The highest BCUT2D eigenvalue weighted by atomic mass is 32.1. The van der Waals surface area contributed by atoms with Crippen LogP contribution in [-0.2, 0) is 6.42 Å². The summed E-state index contributed by atoms with van der Waals surface area (Å²) in [6.07, 6.45) is 2.42. The van der Waals surface area contributed by atoms with Gasteiger partial charge in [0.05, 0.1) is 27.2 Å². The van der Waals surface area contributed by atoms with Crippen LogP contribution in [0.2, 0.25) is 0 Å². The summed E-state index contributed by atoms with van der Waals surface area (Å²) in [5.74, 6) is 0.714. The van der Waals surface area contributed by atoms with E-state index in [0.29, 0.717) is 24.2 Å². The maximum absolute atomic E-state index is 13.0. The molecule has 30 heavy (non-hydrogen) atoms. The van der Waals surface area contributed by atoms with E-state index in [1.165, 1.54) is 0 Å². The Labute approximate surface area is 177 Å². The topological polar surface area (TPSA) is 75.6 Å². The zero-order chi connectivity index (χ0) is 20.3. The van der Waals surface area contributed by atoms with Crippen LogP contribution in [0.15, 0.2) is 78.3 Å². The van der Waals surface area contributed by atoms with Gasteiger partial charge in [0.15, 0.2) is 0 Å².